The van der Waals surface area contributed by atoms with Crippen molar-refractivity contribution in [2.24, 2.45) is 11.8 Å². The number of carbonyl (C=O) groups excluding carboxylic acids is 2. The van der Waals surface area contributed by atoms with Gasteiger partial charge in [0.1, 0.15) is 29.7 Å². The minimum atomic E-state index is -1.48. The molecule has 0 spiro atoms. The highest BCUT2D eigenvalue weighted by molar-refractivity contribution is 6.30. The molecule has 2 aliphatic heterocycles. The van der Waals surface area contributed by atoms with E-state index in [4.69, 9.17) is 30.5 Å². The molecular formula is C38H55ClFNO9. The first-order valence-corrected chi connectivity index (χ1v) is 17.7. The molecule has 0 bridgehead atoms. The summed E-state index contributed by atoms with van der Waals surface area (Å²) in [5.41, 5.74) is -1.63. The van der Waals surface area contributed by atoms with Crippen LogP contribution < -0.4 is 5.32 Å². The Morgan fingerprint density at radius 2 is 1.98 bits per heavy atom. The molecule has 2 aliphatic rings. The SMILES string of the molecule is CC[C@H](OC)[C@@H](C)[C@H]1O[C@@H]1C(NCc1ccc(Cl)c(F)c1)C(C)(O)C=CC=C(C)[C@H]1OC(=O)C[C@H](O)CC[C@@](C)(O)[C@@H](OC(C)=O)C=C[C@@H]1C. The second-order valence-corrected chi connectivity index (χ2v) is 14.6. The summed E-state index contributed by atoms with van der Waals surface area (Å²) in [5.74, 6) is -2.06. The van der Waals surface area contributed by atoms with E-state index in [-0.39, 0.29) is 55.1 Å². The van der Waals surface area contributed by atoms with Crippen molar-refractivity contribution in [2.45, 2.75) is 135 Å². The van der Waals surface area contributed by atoms with Crippen LogP contribution in [0.1, 0.15) is 79.7 Å². The molecule has 280 valence electrons. The van der Waals surface area contributed by atoms with Gasteiger partial charge in [-0.25, -0.2) is 4.39 Å². The summed E-state index contributed by atoms with van der Waals surface area (Å²) < 4.78 is 37.2. The highest BCUT2D eigenvalue weighted by Crippen LogP contribution is 2.39. The van der Waals surface area contributed by atoms with Crippen molar-refractivity contribution in [3.05, 3.63) is 70.6 Å². The molecule has 11 atom stereocenters. The van der Waals surface area contributed by atoms with Crippen LogP contribution in [0.2, 0.25) is 5.02 Å². The van der Waals surface area contributed by atoms with Gasteiger partial charge in [0.05, 0.1) is 41.4 Å². The van der Waals surface area contributed by atoms with E-state index in [1.54, 1.807) is 57.4 Å². The van der Waals surface area contributed by atoms with E-state index in [0.29, 0.717) is 11.1 Å². The number of ether oxygens (including phenoxy) is 4. The highest BCUT2D eigenvalue weighted by atomic mass is 35.5. The zero-order valence-electron chi connectivity index (χ0n) is 30.4. The maximum atomic E-state index is 14.2. The van der Waals surface area contributed by atoms with E-state index >= 15 is 0 Å². The Kier molecular flexibility index (Phi) is 15.2. The summed E-state index contributed by atoms with van der Waals surface area (Å²) in [4.78, 5) is 24.7. The summed E-state index contributed by atoms with van der Waals surface area (Å²) in [6.07, 6.45) is 5.69. The maximum absolute atomic E-state index is 14.2. The fourth-order valence-electron chi connectivity index (χ4n) is 6.55. The first-order chi connectivity index (χ1) is 23.4. The van der Waals surface area contributed by atoms with Crippen molar-refractivity contribution in [2.75, 3.05) is 7.11 Å². The van der Waals surface area contributed by atoms with Gasteiger partial charge in [0.25, 0.3) is 0 Å². The van der Waals surface area contributed by atoms with Crippen molar-refractivity contribution >= 4 is 23.5 Å². The molecule has 1 fully saturated rings. The molecule has 2 heterocycles. The summed E-state index contributed by atoms with van der Waals surface area (Å²) in [7, 11) is 1.67. The van der Waals surface area contributed by atoms with E-state index < -0.39 is 59.2 Å². The van der Waals surface area contributed by atoms with E-state index in [0.717, 1.165) is 6.42 Å². The highest BCUT2D eigenvalue weighted by Gasteiger charge is 2.54. The molecule has 0 aliphatic carbocycles. The first-order valence-electron chi connectivity index (χ1n) is 17.3. The topological polar surface area (TPSA) is 147 Å². The molecule has 12 heteroatoms. The zero-order valence-corrected chi connectivity index (χ0v) is 31.2. The number of cyclic esters (lactones) is 1. The average Bonchev–Trinajstić information content (AvgIpc) is 3.82. The Morgan fingerprint density at radius 1 is 1.28 bits per heavy atom. The Morgan fingerprint density at radius 3 is 2.60 bits per heavy atom. The average molecular weight is 724 g/mol. The van der Waals surface area contributed by atoms with E-state index in [1.807, 2.05) is 13.8 Å². The number of rotatable bonds is 13. The largest absolute Gasteiger partial charge is 0.457 e. The Labute approximate surface area is 300 Å². The Balaban J connectivity index is 1.88. The van der Waals surface area contributed by atoms with Gasteiger partial charge in [-0.15, -0.1) is 0 Å². The number of halogens is 2. The lowest BCUT2D eigenvalue weighted by molar-refractivity contribution is -0.157. The fourth-order valence-corrected chi connectivity index (χ4v) is 6.67. The third-order valence-electron chi connectivity index (χ3n) is 9.70. The number of benzene rings is 1. The third-order valence-corrected chi connectivity index (χ3v) is 10.0. The quantitative estimate of drug-likeness (QED) is 0.0909. The van der Waals surface area contributed by atoms with Gasteiger partial charge in [0, 0.05) is 32.4 Å². The fraction of sp³-hybridized carbons (Fsp3) is 0.632. The van der Waals surface area contributed by atoms with Crippen LogP contribution in [0.25, 0.3) is 0 Å². The van der Waals surface area contributed by atoms with Gasteiger partial charge in [-0.2, -0.15) is 0 Å². The summed E-state index contributed by atoms with van der Waals surface area (Å²) in [6.45, 7) is 12.4. The summed E-state index contributed by atoms with van der Waals surface area (Å²) in [5, 5.41) is 36.8. The monoisotopic (exact) mass is 723 g/mol. The van der Waals surface area contributed by atoms with Crippen LogP contribution in [0.5, 0.6) is 0 Å². The molecule has 1 aromatic carbocycles. The van der Waals surface area contributed by atoms with Crippen molar-refractivity contribution in [1.29, 1.82) is 0 Å². The van der Waals surface area contributed by atoms with Gasteiger partial charge in [-0.05, 0) is 69.4 Å². The minimum absolute atomic E-state index is 0.0243. The molecule has 0 saturated carbocycles. The molecule has 2 unspecified atom stereocenters. The van der Waals surface area contributed by atoms with Crippen molar-refractivity contribution in [3.8, 4) is 0 Å². The van der Waals surface area contributed by atoms with E-state index in [2.05, 4.69) is 12.2 Å². The van der Waals surface area contributed by atoms with Crippen LogP contribution in [0.4, 0.5) is 4.39 Å². The number of hydrogen-bond donors (Lipinski definition) is 4. The van der Waals surface area contributed by atoms with Crippen LogP contribution in [0, 0.1) is 17.7 Å². The number of nitrogens with one attached hydrogen (secondary N) is 1. The number of carbonyl (C=O) groups is 2. The van der Waals surface area contributed by atoms with Crippen LogP contribution in [0.15, 0.2) is 54.2 Å². The second kappa shape index (κ2) is 18.2. The number of esters is 2. The van der Waals surface area contributed by atoms with Gasteiger partial charge in [-0.1, -0.05) is 62.7 Å². The molecule has 50 heavy (non-hydrogen) atoms. The van der Waals surface area contributed by atoms with E-state index in [1.165, 1.54) is 26.0 Å². The van der Waals surface area contributed by atoms with Crippen molar-refractivity contribution in [1.82, 2.24) is 5.32 Å². The Hall–Kier alpha value is -2.64. The smallest absolute Gasteiger partial charge is 0.309 e. The number of epoxide rings is 1. The normalized spacial score (nSPS) is 31.1. The molecule has 3 rings (SSSR count). The number of aliphatic hydroxyl groups is 3. The van der Waals surface area contributed by atoms with Crippen LogP contribution in [-0.2, 0) is 35.1 Å². The number of hydrogen-bond acceptors (Lipinski definition) is 10. The predicted octanol–water partition coefficient (Wildman–Crippen LogP) is 5.35. The van der Waals surface area contributed by atoms with Crippen molar-refractivity contribution < 1.29 is 48.2 Å². The van der Waals surface area contributed by atoms with Crippen LogP contribution >= 0.6 is 11.6 Å². The zero-order chi connectivity index (χ0) is 37.4. The molecule has 4 N–H and O–H groups in total. The Bertz CT molecular complexity index is 1390. The molecule has 1 aromatic rings. The minimum Gasteiger partial charge on any atom is -0.457 e. The maximum Gasteiger partial charge on any atom is 0.309 e. The third kappa shape index (κ3) is 11.7. The lowest BCUT2D eigenvalue weighted by Crippen LogP contribution is -2.52. The molecule has 1 saturated heterocycles. The van der Waals surface area contributed by atoms with Gasteiger partial charge in [0.2, 0.25) is 0 Å². The number of methoxy groups -OCH3 is 1. The first kappa shape index (κ1) is 41.8. The number of aliphatic hydroxyl groups excluding tert-OH is 1. The summed E-state index contributed by atoms with van der Waals surface area (Å²) >= 11 is 5.88. The standard InChI is InChI=1S/C38H55ClFNO9/c1-9-30(47-8)24(4)34-35(50-34)36(41-21-26-13-14-28(39)29(40)19-26)38(7,46)17-10-11-22(2)33-23(3)12-15-31(48-25(5)42)37(6,45)18-16-27(43)20-32(44)49-33/h10-15,17,19,23-24,27,30-31,33-36,41,43,45-46H,9,16,18,20-21H2,1-8H3/t23-,24+,27+,30-,31-,33+,34+,35-,36?,37+,38?/m0/s1. The van der Waals surface area contributed by atoms with Gasteiger partial charge in [-0.3, -0.25) is 9.59 Å². The van der Waals surface area contributed by atoms with Gasteiger partial charge in [0.15, 0.2) is 0 Å². The molecule has 10 nitrogen and oxygen atoms in total. The van der Waals surface area contributed by atoms with Gasteiger partial charge >= 0.3 is 11.9 Å². The molecule has 0 amide bonds. The van der Waals surface area contributed by atoms with Crippen LogP contribution in [-0.4, -0.2) is 88.2 Å². The predicted molar refractivity (Wildman–Crippen MR) is 189 cm³/mol. The second-order valence-electron chi connectivity index (χ2n) is 14.1. The molecular weight excluding hydrogens is 669 g/mol. The number of allylic oxidation sites excluding steroid dienone is 2. The van der Waals surface area contributed by atoms with Crippen LogP contribution in [0.3, 0.4) is 0 Å². The van der Waals surface area contributed by atoms with E-state index in [9.17, 15) is 29.3 Å². The lowest BCUT2D eigenvalue weighted by Gasteiger charge is -2.32. The van der Waals surface area contributed by atoms with Gasteiger partial charge < -0.3 is 39.6 Å². The lowest BCUT2D eigenvalue weighted by atomic mass is 9.87. The summed E-state index contributed by atoms with van der Waals surface area (Å²) in [6, 6.07) is 3.96. The van der Waals surface area contributed by atoms with Crippen molar-refractivity contribution in [3.63, 3.8) is 0 Å². The molecule has 0 radical (unpaired) electrons. The molecule has 0 aromatic heterocycles.